The lowest BCUT2D eigenvalue weighted by atomic mass is 10.1. The lowest BCUT2D eigenvalue weighted by molar-refractivity contribution is -0.137. The summed E-state index contributed by atoms with van der Waals surface area (Å²) in [6.07, 6.45) is -2.88. The maximum Gasteiger partial charge on any atom is 0.418 e. The molecule has 12 heteroatoms. The summed E-state index contributed by atoms with van der Waals surface area (Å²) in [5.74, 6) is -0.406. The fourth-order valence-electron chi connectivity index (χ4n) is 3.27. The number of para-hydroxylation sites is 1. The van der Waals surface area contributed by atoms with Crippen molar-refractivity contribution >= 4 is 50.7 Å². The van der Waals surface area contributed by atoms with Gasteiger partial charge in [-0.2, -0.15) is 13.2 Å². The van der Waals surface area contributed by atoms with Gasteiger partial charge in [0, 0.05) is 6.54 Å². The van der Waals surface area contributed by atoms with Gasteiger partial charge in [-0.05, 0) is 30.0 Å². The fraction of sp³-hybridized carbons (Fsp3) is 0.300. The number of rotatable bonds is 7. The van der Waals surface area contributed by atoms with Crippen LogP contribution in [-0.2, 0) is 17.5 Å². The molecule has 0 saturated heterocycles. The number of benzene rings is 1. The van der Waals surface area contributed by atoms with Gasteiger partial charge in [-0.15, -0.1) is 21.5 Å². The van der Waals surface area contributed by atoms with E-state index in [1.807, 2.05) is 6.92 Å². The van der Waals surface area contributed by atoms with Crippen LogP contribution in [0, 0.1) is 0 Å². The molecule has 4 rings (SSSR count). The van der Waals surface area contributed by atoms with Crippen molar-refractivity contribution in [1.29, 1.82) is 0 Å². The molecule has 0 aliphatic carbocycles. The third-order valence-corrected chi connectivity index (χ3v) is 6.58. The number of carbonyl (C=O) groups excluding carboxylic acids is 1. The highest BCUT2D eigenvalue weighted by molar-refractivity contribution is 7.99. The number of aryl methyl sites for hydroxylation is 1. The molecule has 0 bridgehead atoms. The van der Waals surface area contributed by atoms with E-state index in [1.165, 1.54) is 29.5 Å². The number of carbonyl (C=O) groups is 1. The van der Waals surface area contributed by atoms with E-state index in [0.717, 1.165) is 30.7 Å². The number of alkyl halides is 3. The van der Waals surface area contributed by atoms with Gasteiger partial charge in [0.05, 0.1) is 22.5 Å². The highest BCUT2D eigenvalue weighted by atomic mass is 32.2. The molecule has 7 nitrogen and oxygen atoms in total. The zero-order chi connectivity index (χ0) is 22.9. The van der Waals surface area contributed by atoms with E-state index >= 15 is 0 Å². The van der Waals surface area contributed by atoms with Crippen molar-refractivity contribution in [2.45, 2.75) is 37.6 Å². The molecule has 0 spiro atoms. The normalized spacial score (nSPS) is 12.0. The molecule has 1 amide bonds. The van der Waals surface area contributed by atoms with Crippen LogP contribution in [0.25, 0.3) is 16.0 Å². The summed E-state index contributed by atoms with van der Waals surface area (Å²) in [6.45, 7) is 2.51. The summed E-state index contributed by atoms with van der Waals surface area (Å²) < 4.78 is 43.3. The molecule has 32 heavy (non-hydrogen) atoms. The maximum atomic E-state index is 13.2. The van der Waals surface area contributed by atoms with E-state index in [1.54, 1.807) is 20.4 Å². The summed E-state index contributed by atoms with van der Waals surface area (Å²) in [4.78, 5) is 25.2. The summed E-state index contributed by atoms with van der Waals surface area (Å²) >= 11 is 2.35. The third-order valence-electron chi connectivity index (χ3n) is 4.76. The first-order valence-electron chi connectivity index (χ1n) is 9.75. The monoisotopic (exact) mass is 481 g/mol. The molecule has 3 heterocycles. The van der Waals surface area contributed by atoms with E-state index in [4.69, 9.17) is 0 Å². The number of hydrogen-bond donors (Lipinski definition) is 1. The topological polar surface area (TPSA) is 81.3 Å². The molecule has 0 atom stereocenters. The van der Waals surface area contributed by atoms with Crippen molar-refractivity contribution in [2.75, 3.05) is 11.1 Å². The van der Waals surface area contributed by atoms with Crippen molar-refractivity contribution in [1.82, 2.24) is 19.2 Å². The smallest absolute Gasteiger partial charge is 0.325 e. The Labute approximate surface area is 188 Å². The van der Waals surface area contributed by atoms with Crippen LogP contribution in [0.5, 0.6) is 0 Å². The Morgan fingerprint density at radius 3 is 2.75 bits per heavy atom. The maximum absolute atomic E-state index is 13.2. The summed E-state index contributed by atoms with van der Waals surface area (Å²) in [5.41, 5.74) is -0.712. The number of amides is 1. The van der Waals surface area contributed by atoms with Gasteiger partial charge < -0.3 is 5.32 Å². The van der Waals surface area contributed by atoms with Crippen LogP contribution in [0.1, 0.15) is 25.3 Å². The molecule has 1 aromatic carbocycles. The number of halogens is 3. The van der Waals surface area contributed by atoms with E-state index < -0.39 is 17.6 Å². The Bertz CT molecular complexity index is 1340. The first-order chi connectivity index (χ1) is 15.3. The Morgan fingerprint density at radius 1 is 1.22 bits per heavy atom. The number of anilines is 1. The lowest BCUT2D eigenvalue weighted by Gasteiger charge is -2.13. The largest absolute Gasteiger partial charge is 0.418 e. The van der Waals surface area contributed by atoms with Crippen LogP contribution >= 0.6 is 23.1 Å². The molecular formula is C20H18F3N5O2S2. The number of nitrogens with one attached hydrogen (secondary N) is 1. The molecular weight excluding hydrogens is 463 g/mol. The second-order valence-corrected chi connectivity index (χ2v) is 8.80. The van der Waals surface area contributed by atoms with Gasteiger partial charge in [0.25, 0.3) is 5.56 Å². The Hall–Kier alpha value is -2.86. The number of unbranched alkanes of at least 4 members (excludes halogenated alkanes) is 1. The van der Waals surface area contributed by atoms with Crippen molar-refractivity contribution in [3.63, 3.8) is 0 Å². The van der Waals surface area contributed by atoms with Crippen LogP contribution < -0.4 is 10.9 Å². The third kappa shape index (κ3) is 4.24. The van der Waals surface area contributed by atoms with E-state index in [9.17, 15) is 22.8 Å². The molecule has 0 radical (unpaired) electrons. The minimum Gasteiger partial charge on any atom is -0.325 e. The van der Waals surface area contributed by atoms with Crippen LogP contribution in [0.15, 0.2) is 45.7 Å². The second-order valence-electron chi connectivity index (χ2n) is 6.94. The van der Waals surface area contributed by atoms with Crippen molar-refractivity contribution in [3.8, 4) is 0 Å². The van der Waals surface area contributed by atoms with Crippen LogP contribution in [0.3, 0.4) is 0 Å². The number of nitrogens with zero attached hydrogens (tertiary/aromatic N) is 4. The molecule has 4 aromatic rings. The fourth-order valence-corrected chi connectivity index (χ4v) is 4.83. The van der Waals surface area contributed by atoms with E-state index in [2.05, 4.69) is 15.5 Å². The molecule has 3 aromatic heterocycles. The predicted octanol–water partition coefficient (Wildman–Crippen LogP) is 4.66. The van der Waals surface area contributed by atoms with Gasteiger partial charge >= 0.3 is 6.18 Å². The highest BCUT2D eigenvalue weighted by Crippen LogP contribution is 2.34. The van der Waals surface area contributed by atoms with Gasteiger partial charge in [0.15, 0.2) is 5.16 Å². The predicted molar refractivity (Wildman–Crippen MR) is 118 cm³/mol. The van der Waals surface area contributed by atoms with Crippen molar-refractivity contribution in [2.24, 2.45) is 0 Å². The first-order valence-corrected chi connectivity index (χ1v) is 11.6. The number of thiophene rings is 1. The summed E-state index contributed by atoms with van der Waals surface area (Å²) in [7, 11) is 0. The zero-order valence-electron chi connectivity index (χ0n) is 16.8. The Morgan fingerprint density at radius 2 is 2.00 bits per heavy atom. The number of fused-ring (bicyclic) bond motifs is 3. The van der Waals surface area contributed by atoms with E-state index in [-0.39, 0.29) is 17.0 Å². The van der Waals surface area contributed by atoms with Gasteiger partial charge in [0.1, 0.15) is 4.70 Å². The molecule has 1 N–H and O–H groups in total. The van der Waals surface area contributed by atoms with Gasteiger partial charge in [-0.25, -0.2) is 0 Å². The minimum atomic E-state index is -4.58. The average molecular weight is 482 g/mol. The quantitative estimate of drug-likeness (QED) is 0.389. The van der Waals surface area contributed by atoms with Gasteiger partial charge in [-0.3, -0.25) is 18.6 Å². The number of thioether (sulfide) groups is 1. The van der Waals surface area contributed by atoms with Crippen LogP contribution in [-0.4, -0.2) is 30.8 Å². The number of aromatic nitrogens is 4. The van der Waals surface area contributed by atoms with Crippen LogP contribution in [0.2, 0.25) is 0 Å². The first kappa shape index (κ1) is 22.3. The van der Waals surface area contributed by atoms with Crippen molar-refractivity contribution in [3.05, 3.63) is 51.6 Å². The minimum absolute atomic E-state index is 0.138. The Balaban J connectivity index is 1.60. The Kier molecular flexibility index (Phi) is 6.24. The SMILES string of the molecule is CCCCn1c(=O)c2sccc2n2c(SCC(=O)Nc3ccccc3C(F)(F)F)nnc12. The average Bonchev–Trinajstić information content (AvgIpc) is 3.39. The second kappa shape index (κ2) is 8.94. The molecule has 0 fully saturated rings. The molecule has 0 saturated carbocycles. The summed E-state index contributed by atoms with van der Waals surface area (Å²) in [6, 6.07) is 6.59. The lowest BCUT2D eigenvalue weighted by Crippen LogP contribution is -2.22. The van der Waals surface area contributed by atoms with Crippen molar-refractivity contribution < 1.29 is 18.0 Å². The molecule has 168 valence electrons. The molecule has 0 aliphatic heterocycles. The number of hydrogen-bond acceptors (Lipinski definition) is 6. The summed E-state index contributed by atoms with van der Waals surface area (Å²) in [5, 5.41) is 12.8. The highest BCUT2D eigenvalue weighted by Gasteiger charge is 2.33. The van der Waals surface area contributed by atoms with Crippen LogP contribution in [0.4, 0.5) is 18.9 Å². The molecule has 0 aliphatic rings. The zero-order valence-corrected chi connectivity index (χ0v) is 18.5. The standard InChI is InChI=1S/C20H18F3N5O2S2/c1-2-3-9-27-17(30)16-14(8-10-31-16)28-18(27)25-26-19(28)32-11-15(29)24-13-7-5-4-6-12(13)20(21,22)23/h4-8,10H,2-3,9,11H2,1H3,(H,24,29). The molecule has 0 unspecified atom stereocenters. The van der Waals surface area contributed by atoms with Gasteiger partial charge in [-0.1, -0.05) is 37.2 Å². The van der Waals surface area contributed by atoms with E-state index in [0.29, 0.717) is 27.7 Å². The van der Waals surface area contributed by atoms with Gasteiger partial charge in [0.2, 0.25) is 11.7 Å².